The lowest BCUT2D eigenvalue weighted by molar-refractivity contribution is 0.756. The van der Waals surface area contributed by atoms with Gasteiger partial charge in [0.15, 0.2) is 6.17 Å². The van der Waals surface area contributed by atoms with Crippen LogP contribution in [0.4, 0.5) is 0 Å². The van der Waals surface area contributed by atoms with Gasteiger partial charge in [0.2, 0.25) is 0 Å². The number of fused-ring (bicyclic) bond motifs is 1. The van der Waals surface area contributed by atoms with E-state index in [4.69, 9.17) is 18.2 Å². The Morgan fingerprint density at radius 1 is 0.568 bits per heavy atom. The van der Waals surface area contributed by atoms with Crippen molar-refractivity contribution in [2.45, 2.75) is 25.8 Å². The topological polar surface area (TPSA) is 36.8 Å². The van der Waals surface area contributed by atoms with Crippen LogP contribution in [-0.4, -0.2) is 19.7 Å². The monoisotopic (exact) mass is 593 g/mol. The molecule has 1 aliphatic heterocycles. The number of amidine groups is 2. The molecule has 0 aromatic heterocycles. The number of nitrogens with zero attached hydrogens (tertiary/aromatic N) is 2. The molecule has 6 aromatic carbocycles. The van der Waals surface area contributed by atoms with E-state index in [1.807, 2.05) is 97.1 Å². The van der Waals surface area contributed by atoms with Crippen LogP contribution in [0.15, 0.2) is 155 Å². The van der Waals surface area contributed by atoms with Gasteiger partial charge in [-0.2, -0.15) is 0 Å². The molecular formula is C40H35N3Si. The summed E-state index contributed by atoms with van der Waals surface area (Å²) in [7, 11) is -1.81. The molecule has 1 aliphatic rings. The van der Waals surface area contributed by atoms with E-state index in [1.54, 1.807) is 0 Å². The van der Waals surface area contributed by atoms with Gasteiger partial charge in [0.1, 0.15) is 11.7 Å². The third-order valence-corrected chi connectivity index (χ3v) is 9.67. The van der Waals surface area contributed by atoms with Crippen molar-refractivity contribution in [3.8, 4) is 22.3 Å². The Labute approximate surface area is 271 Å². The van der Waals surface area contributed by atoms with E-state index in [1.165, 1.54) is 5.19 Å². The van der Waals surface area contributed by atoms with Gasteiger partial charge >= 0.3 is 0 Å². The Kier molecular flexibility index (Phi) is 5.25. The van der Waals surface area contributed by atoms with E-state index in [0.717, 1.165) is 21.9 Å². The fourth-order valence-corrected chi connectivity index (χ4v) is 7.06. The minimum absolute atomic E-state index is 0.0638. The second-order valence-electron chi connectivity index (χ2n) is 11.7. The van der Waals surface area contributed by atoms with Crippen LogP contribution < -0.4 is 10.5 Å². The van der Waals surface area contributed by atoms with Crippen LogP contribution in [0.2, 0.25) is 19.6 Å². The van der Waals surface area contributed by atoms with Gasteiger partial charge in [0.05, 0.1) is 19.0 Å². The van der Waals surface area contributed by atoms with Crippen molar-refractivity contribution in [3.63, 3.8) is 0 Å². The van der Waals surface area contributed by atoms with Gasteiger partial charge in [-0.3, -0.25) is 0 Å². The average Bonchev–Trinajstić information content (AvgIpc) is 3.14. The summed E-state index contributed by atoms with van der Waals surface area (Å²) < 4.78 is 72.8. The van der Waals surface area contributed by atoms with E-state index in [2.05, 4.69) is 25.0 Å². The molecule has 214 valence electrons. The van der Waals surface area contributed by atoms with E-state index in [-0.39, 0.29) is 40.4 Å². The summed E-state index contributed by atoms with van der Waals surface area (Å²) in [6.07, 6.45) is -1.18. The standard InChI is InChI=1S/C40H35N3Si/c1-44(2,3)37-25-24-34(35-22-10-11-23-36(35)37)32-20-12-18-30(26-32)31-19-13-21-33(27-31)40-42-38(28-14-6-4-7-15-28)41-39(43-40)29-16-8-5-9-17-29/h4-27,40H,1-3H3,(H,41,42,43)/i12D,13D,18D,19D,20D,21D,26D,27D. The van der Waals surface area contributed by atoms with Crippen molar-refractivity contribution in [1.82, 2.24) is 5.32 Å². The molecule has 0 unspecified atom stereocenters. The number of hydrogen-bond donors (Lipinski definition) is 1. The molecule has 44 heavy (non-hydrogen) atoms. The smallest absolute Gasteiger partial charge is 0.169 e. The minimum Gasteiger partial charge on any atom is -0.324 e. The third kappa shape index (κ3) is 5.52. The highest BCUT2D eigenvalue weighted by atomic mass is 28.3. The van der Waals surface area contributed by atoms with Crippen LogP contribution in [0.5, 0.6) is 0 Å². The lowest BCUT2D eigenvalue weighted by Gasteiger charge is -2.22. The SMILES string of the molecule is [2H]c1c([2H])c(-c2c([2H])c([2H])c([2H])c(C3N=C(c4ccccc4)NC(c4ccccc4)=N3)c2[2H])c([2H])c(-c2ccc([Si](C)(C)C)c3ccccc23)c1[2H]. The first-order valence-corrected chi connectivity index (χ1v) is 18.1. The predicted octanol–water partition coefficient (Wildman–Crippen LogP) is 9.21. The minimum atomic E-state index is -1.81. The lowest BCUT2D eigenvalue weighted by Crippen LogP contribution is -2.38. The molecule has 0 saturated carbocycles. The summed E-state index contributed by atoms with van der Waals surface area (Å²) in [6, 6.07) is 26.9. The van der Waals surface area contributed by atoms with Crippen LogP contribution in [0, 0.1) is 0 Å². The summed E-state index contributed by atoms with van der Waals surface area (Å²) in [6.45, 7) is 6.73. The molecule has 0 spiro atoms. The second-order valence-corrected chi connectivity index (χ2v) is 16.7. The maximum atomic E-state index is 9.52. The second kappa shape index (κ2) is 11.6. The van der Waals surface area contributed by atoms with Crippen LogP contribution in [0.25, 0.3) is 33.0 Å². The molecule has 0 saturated heterocycles. The van der Waals surface area contributed by atoms with Crippen molar-refractivity contribution >= 4 is 35.7 Å². The Morgan fingerprint density at radius 2 is 1.11 bits per heavy atom. The quantitative estimate of drug-likeness (QED) is 0.192. The molecule has 1 N–H and O–H groups in total. The summed E-state index contributed by atoms with van der Waals surface area (Å²) in [5.74, 6) is 0.873. The zero-order valence-electron chi connectivity index (χ0n) is 32.7. The van der Waals surface area contributed by atoms with Crippen molar-refractivity contribution in [3.05, 3.63) is 162 Å². The summed E-state index contributed by atoms with van der Waals surface area (Å²) in [5, 5.41) is 6.27. The van der Waals surface area contributed by atoms with Crippen LogP contribution in [0.3, 0.4) is 0 Å². The highest BCUT2D eigenvalue weighted by Gasteiger charge is 2.22. The first-order chi connectivity index (χ1) is 24.8. The number of nitrogens with one attached hydrogen (secondary N) is 1. The Hall–Kier alpha value is -5.06. The molecule has 0 bridgehead atoms. The Morgan fingerprint density at radius 3 is 1.75 bits per heavy atom. The van der Waals surface area contributed by atoms with E-state index < -0.39 is 44.5 Å². The Balaban J connectivity index is 1.50. The van der Waals surface area contributed by atoms with Crippen molar-refractivity contribution in [2.24, 2.45) is 9.98 Å². The molecule has 7 rings (SSSR count). The zero-order valence-corrected chi connectivity index (χ0v) is 25.7. The van der Waals surface area contributed by atoms with Gasteiger partial charge in [-0.25, -0.2) is 9.98 Å². The van der Waals surface area contributed by atoms with Crippen LogP contribution in [-0.2, 0) is 0 Å². The average molecular weight is 594 g/mol. The van der Waals surface area contributed by atoms with E-state index >= 15 is 0 Å². The lowest BCUT2D eigenvalue weighted by atomic mass is 9.94. The summed E-state index contributed by atoms with van der Waals surface area (Å²) in [5.41, 5.74) is 1.60. The van der Waals surface area contributed by atoms with Crippen molar-refractivity contribution in [2.75, 3.05) is 0 Å². The van der Waals surface area contributed by atoms with Gasteiger partial charge in [0.25, 0.3) is 0 Å². The van der Waals surface area contributed by atoms with Crippen LogP contribution >= 0.6 is 0 Å². The molecular weight excluding hydrogens is 551 g/mol. The molecule has 0 fully saturated rings. The molecule has 0 amide bonds. The van der Waals surface area contributed by atoms with Crippen LogP contribution in [0.1, 0.15) is 33.8 Å². The van der Waals surface area contributed by atoms with Gasteiger partial charge < -0.3 is 5.32 Å². The fraction of sp³-hybridized carbons (Fsp3) is 0.100. The van der Waals surface area contributed by atoms with Gasteiger partial charge in [-0.05, 0) is 50.7 Å². The van der Waals surface area contributed by atoms with Gasteiger partial charge in [0, 0.05) is 11.1 Å². The molecule has 6 aromatic rings. The maximum absolute atomic E-state index is 9.52. The maximum Gasteiger partial charge on any atom is 0.169 e. The molecule has 1 heterocycles. The highest BCUT2D eigenvalue weighted by Crippen LogP contribution is 2.33. The number of hydrogen-bond acceptors (Lipinski definition) is 3. The van der Waals surface area contributed by atoms with Crippen molar-refractivity contribution in [1.29, 1.82) is 0 Å². The largest absolute Gasteiger partial charge is 0.324 e. The predicted molar refractivity (Wildman–Crippen MR) is 190 cm³/mol. The number of aliphatic imine (C=N–C) groups is 2. The van der Waals surface area contributed by atoms with Crippen molar-refractivity contribution < 1.29 is 11.0 Å². The normalized spacial score (nSPS) is 16.2. The summed E-state index contributed by atoms with van der Waals surface area (Å²) in [4.78, 5) is 9.61. The van der Waals surface area contributed by atoms with Gasteiger partial charge in [-0.1, -0.05) is 158 Å². The summed E-state index contributed by atoms with van der Waals surface area (Å²) >= 11 is 0. The van der Waals surface area contributed by atoms with E-state index in [0.29, 0.717) is 17.2 Å². The number of rotatable bonds is 6. The fourth-order valence-electron chi connectivity index (χ4n) is 5.45. The molecule has 0 aliphatic carbocycles. The first-order valence-electron chi connectivity index (χ1n) is 18.6. The number of benzene rings is 6. The molecule has 0 radical (unpaired) electrons. The first kappa shape index (κ1) is 20.0. The molecule has 3 nitrogen and oxygen atoms in total. The Bertz CT molecular complexity index is 2410. The molecule has 0 atom stereocenters. The van der Waals surface area contributed by atoms with E-state index in [9.17, 15) is 2.74 Å². The highest BCUT2D eigenvalue weighted by molar-refractivity contribution is 6.90. The zero-order chi connectivity index (χ0) is 37.1. The third-order valence-electron chi connectivity index (χ3n) is 7.61. The molecule has 4 heteroatoms. The van der Waals surface area contributed by atoms with Gasteiger partial charge in [-0.15, -0.1) is 0 Å².